The molecule has 2 amide bonds. The highest BCUT2D eigenvalue weighted by atomic mass is 16.2. The van der Waals surface area contributed by atoms with Gasteiger partial charge < -0.3 is 0 Å². The molecule has 3 rings (SSSR count). The average Bonchev–Trinajstić information content (AvgIpc) is 3.02. The fraction of sp³-hybridized carbons (Fsp3) is 0.286. The van der Waals surface area contributed by atoms with E-state index in [9.17, 15) is 9.59 Å². The fourth-order valence-corrected chi connectivity index (χ4v) is 2.59. The zero-order valence-corrected chi connectivity index (χ0v) is 11.5. The lowest BCUT2D eigenvalue weighted by molar-refractivity contribution is 0.0589. The highest BCUT2D eigenvalue weighted by molar-refractivity contribution is 6.22. The molecule has 0 spiro atoms. The largest absolute Gasteiger partial charge is 0.269 e. The van der Waals surface area contributed by atoms with E-state index in [1.807, 2.05) is 26.0 Å². The van der Waals surface area contributed by atoms with Crippen LogP contribution in [-0.2, 0) is 0 Å². The summed E-state index contributed by atoms with van der Waals surface area (Å²) in [7, 11) is 0. The molecule has 102 valence electrons. The number of nitrogens with zero attached hydrogens (tertiary/aromatic N) is 3. The molecular formula is C14H14N4O2. The highest BCUT2D eigenvalue weighted by Crippen LogP contribution is 2.33. The van der Waals surface area contributed by atoms with Gasteiger partial charge in [-0.1, -0.05) is 12.1 Å². The van der Waals surface area contributed by atoms with Crippen LogP contribution >= 0.6 is 0 Å². The Morgan fingerprint density at radius 1 is 1.10 bits per heavy atom. The number of aromatic amines is 1. The molecule has 0 radical (unpaired) electrons. The van der Waals surface area contributed by atoms with E-state index in [-0.39, 0.29) is 11.8 Å². The Kier molecular flexibility index (Phi) is 2.67. The van der Waals surface area contributed by atoms with Crippen molar-refractivity contribution in [3.8, 4) is 0 Å². The summed E-state index contributed by atoms with van der Waals surface area (Å²) in [6, 6.07) is 3.26. The summed E-state index contributed by atoms with van der Waals surface area (Å²) in [5, 5.41) is 6.47. The van der Waals surface area contributed by atoms with Gasteiger partial charge in [-0.15, -0.1) is 0 Å². The number of hydrogen-bond donors (Lipinski definition) is 1. The summed E-state index contributed by atoms with van der Waals surface area (Å²) in [6.45, 7) is 5.44. The zero-order chi connectivity index (χ0) is 14.4. The summed E-state index contributed by atoms with van der Waals surface area (Å²) in [5.41, 5.74) is 2.63. The number of amides is 2. The maximum absolute atomic E-state index is 12.6. The number of benzene rings is 1. The van der Waals surface area contributed by atoms with Gasteiger partial charge in [-0.2, -0.15) is 5.10 Å². The molecular weight excluding hydrogens is 256 g/mol. The van der Waals surface area contributed by atoms with Gasteiger partial charge in [-0.3, -0.25) is 19.6 Å². The third-order valence-electron chi connectivity index (χ3n) is 3.70. The van der Waals surface area contributed by atoms with E-state index in [2.05, 4.69) is 15.2 Å². The molecule has 20 heavy (non-hydrogen) atoms. The van der Waals surface area contributed by atoms with Crippen molar-refractivity contribution in [2.24, 2.45) is 0 Å². The molecule has 1 aliphatic heterocycles. The lowest BCUT2D eigenvalue weighted by Crippen LogP contribution is -2.33. The summed E-state index contributed by atoms with van der Waals surface area (Å²) in [6.07, 6.45) is 1.36. The molecule has 6 heteroatoms. The van der Waals surface area contributed by atoms with Gasteiger partial charge in [0.1, 0.15) is 12.2 Å². The molecule has 1 aromatic carbocycles. The molecule has 0 saturated carbocycles. The second-order valence-corrected chi connectivity index (χ2v) is 4.98. The van der Waals surface area contributed by atoms with Gasteiger partial charge in [-0.25, -0.2) is 4.98 Å². The first-order valence-electron chi connectivity index (χ1n) is 6.35. The predicted molar refractivity (Wildman–Crippen MR) is 71.2 cm³/mol. The first-order valence-corrected chi connectivity index (χ1v) is 6.35. The van der Waals surface area contributed by atoms with E-state index in [0.717, 1.165) is 11.1 Å². The van der Waals surface area contributed by atoms with E-state index in [4.69, 9.17) is 0 Å². The molecule has 1 aromatic heterocycles. The van der Waals surface area contributed by atoms with Crippen LogP contribution < -0.4 is 0 Å². The van der Waals surface area contributed by atoms with Gasteiger partial charge in [-0.05, 0) is 31.9 Å². The number of aryl methyl sites for hydroxylation is 2. The number of H-pyrrole nitrogens is 1. The zero-order valence-electron chi connectivity index (χ0n) is 11.5. The van der Waals surface area contributed by atoms with Crippen molar-refractivity contribution in [3.63, 3.8) is 0 Å². The molecule has 0 bridgehead atoms. The lowest BCUT2D eigenvalue weighted by Gasteiger charge is -2.20. The molecule has 1 aliphatic rings. The topological polar surface area (TPSA) is 79.0 Å². The van der Waals surface area contributed by atoms with Crippen LogP contribution in [0.4, 0.5) is 0 Å². The Hall–Kier alpha value is -2.50. The molecule has 1 atom stereocenters. The van der Waals surface area contributed by atoms with E-state index >= 15 is 0 Å². The number of hydrogen-bond acceptors (Lipinski definition) is 4. The van der Waals surface area contributed by atoms with Crippen LogP contribution in [0.25, 0.3) is 0 Å². The molecule has 0 aliphatic carbocycles. The number of rotatable bonds is 2. The maximum atomic E-state index is 12.6. The van der Waals surface area contributed by atoms with Gasteiger partial charge in [0.2, 0.25) is 0 Å². The van der Waals surface area contributed by atoms with E-state index < -0.39 is 6.04 Å². The first-order chi connectivity index (χ1) is 9.52. The Labute approximate surface area is 115 Å². The number of imide groups is 1. The summed E-state index contributed by atoms with van der Waals surface area (Å²) in [4.78, 5) is 30.4. The molecule has 2 aromatic rings. The van der Waals surface area contributed by atoms with Crippen LogP contribution in [0.1, 0.15) is 50.6 Å². The molecule has 6 nitrogen and oxygen atoms in total. The summed E-state index contributed by atoms with van der Waals surface area (Å²) >= 11 is 0. The number of carbonyl (C=O) groups is 2. The Morgan fingerprint density at radius 3 is 2.10 bits per heavy atom. The van der Waals surface area contributed by atoms with Crippen molar-refractivity contribution in [3.05, 3.63) is 46.5 Å². The molecule has 1 N–H and O–H groups in total. The van der Waals surface area contributed by atoms with Crippen LogP contribution in [0, 0.1) is 13.8 Å². The average molecular weight is 270 g/mol. The van der Waals surface area contributed by atoms with E-state index in [1.165, 1.54) is 11.2 Å². The number of fused-ring (bicyclic) bond motifs is 1. The number of aromatic nitrogens is 3. The van der Waals surface area contributed by atoms with Crippen molar-refractivity contribution in [1.82, 2.24) is 20.1 Å². The SMILES string of the molecule is Cc1ccc(C)c2c1C(=O)N(C(C)c1ncn[nH]1)C2=O. The molecule has 2 heterocycles. The standard InChI is InChI=1S/C14H14N4O2/c1-7-4-5-8(2)11-10(7)13(19)18(14(11)20)9(3)12-15-6-16-17-12/h4-6,9H,1-3H3,(H,15,16,17). The van der Waals surface area contributed by atoms with Crippen molar-refractivity contribution < 1.29 is 9.59 Å². The van der Waals surface area contributed by atoms with Crippen LogP contribution in [0.5, 0.6) is 0 Å². The maximum Gasteiger partial charge on any atom is 0.262 e. The third kappa shape index (κ3) is 1.57. The van der Waals surface area contributed by atoms with Crippen LogP contribution in [0.15, 0.2) is 18.5 Å². The summed E-state index contributed by atoms with van der Waals surface area (Å²) in [5.74, 6) is -0.0417. The fourth-order valence-electron chi connectivity index (χ4n) is 2.59. The molecule has 1 unspecified atom stereocenters. The monoisotopic (exact) mass is 270 g/mol. The lowest BCUT2D eigenvalue weighted by atomic mass is 9.99. The number of nitrogens with one attached hydrogen (secondary N) is 1. The second-order valence-electron chi connectivity index (χ2n) is 4.98. The minimum absolute atomic E-state index is 0.268. The van der Waals surface area contributed by atoms with Gasteiger partial charge in [0, 0.05) is 0 Å². The normalized spacial score (nSPS) is 15.7. The van der Waals surface area contributed by atoms with Crippen molar-refractivity contribution in [2.45, 2.75) is 26.8 Å². The predicted octanol–water partition coefficient (Wildman–Crippen LogP) is 1.78. The highest BCUT2D eigenvalue weighted by Gasteiger charge is 2.41. The van der Waals surface area contributed by atoms with Gasteiger partial charge in [0.15, 0.2) is 0 Å². The number of carbonyl (C=O) groups excluding carboxylic acids is 2. The van der Waals surface area contributed by atoms with Crippen molar-refractivity contribution in [1.29, 1.82) is 0 Å². The molecule has 0 fully saturated rings. The Balaban J connectivity index is 2.10. The second kappa shape index (κ2) is 4.26. The molecule has 0 saturated heterocycles. The van der Waals surface area contributed by atoms with Crippen molar-refractivity contribution >= 4 is 11.8 Å². The smallest absolute Gasteiger partial charge is 0.262 e. The van der Waals surface area contributed by atoms with E-state index in [1.54, 1.807) is 6.92 Å². The Bertz CT molecular complexity index is 665. The van der Waals surface area contributed by atoms with Gasteiger partial charge in [0.05, 0.1) is 17.2 Å². The summed E-state index contributed by atoms with van der Waals surface area (Å²) < 4.78 is 0. The van der Waals surface area contributed by atoms with Gasteiger partial charge >= 0.3 is 0 Å². The third-order valence-corrected chi connectivity index (χ3v) is 3.70. The Morgan fingerprint density at radius 2 is 1.65 bits per heavy atom. The van der Waals surface area contributed by atoms with Crippen molar-refractivity contribution in [2.75, 3.05) is 0 Å². The quantitative estimate of drug-likeness (QED) is 0.844. The minimum Gasteiger partial charge on any atom is -0.269 e. The van der Waals surface area contributed by atoms with Crippen LogP contribution in [0.3, 0.4) is 0 Å². The van der Waals surface area contributed by atoms with Gasteiger partial charge in [0.25, 0.3) is 11.8 Å². The van der Waals surface area contributed by atoms with E-state index in [0.29, 0.717) is 17.0 Å². The van der Waals surface area contributed by atoms with Crippen LogP contribution in [-0.4, -0.2) is 31.9 Å². The minimum atomic E-state index is -0.469. The van der Waals surface area contributed by atoms with Crippen LogP contribution in [0.2, 0.25) is 0 Å². The first kappa shape index (κ1) is 12.5.